The van der Waals surface area contributed by atoms with Crippen LogP contribution >= 0.6 is 0 Å². The highest BCUT2D eigenvalue weighted by molar-refractivity contribution is 5.96. The molecule has 1 unspecified atom stereocenters. The predicted octanol–water partition coefficient (Wildman–Crippen LogP) is 2.23. The third-order valence-electron chi connectivity index (χ3n) is 6.47. The topological polar surface area (TPSA) is 88.2 Å². The first kappa shape index (κ1) is 18.1. The van der Waals surface area contributed by atoms with E-state index in [2.05, 4.69) is 26.6 Å². The number of aryl methyl sites for hydroxylation is 1. The van der Waals surface area contributed by atoms with Gasteiger partial charge in [0.1, 0.15) is 5.82 Å². The molecule has 2 aromatic carbocycles. The molecule has 31 heavy (non-hydrogen) atoms. The zero-order valence-corrected chi connectivity index (χ0v) is 17.1. The number of benzene rings is 2. The molecule has 1 atom stereocenters. The Kier molecular flexibility index (Phi) is 3.76. The van der Waals surface area contributed by atoms with Gasteiger partial charge in [-0.3, -0.25) is 0 Å². The van der Waals surface area contributed by atoms with Gasteiger partial charge < -0.3 is 14.9 Å². The van der Waals surface area contributed by atoms with Crippen LogP contribution in [0.25, 0.3) is 38.9 Å². The highest BCUT2D eigenvalue weighted by Crippen LogP contribution is 2.38. The van der Waals surface area contributed by atoms with Crippen molar-refractivity contribution in [3.8, 4) is 17.1 Å². The van der Waals surface area contributed by atoms with Crippen LogP contribution in [-0.4, -0.2) is 30.4 Å². The van der Waals surface area contributed by atoms with Gasteiger partial charge in [0.05, 0.1) is 17.7 Å². The molecule has 8 heteroatoms. The van der Waals surface area contributed by atoms with Gasteiger partial charge in [-0.1, -0.05) is 18.2 Å². The molecule has 4 heterocycles. The van der Waals surface area contributed by atoms with Gasteiger partial charge in [-0.25, -0.2) is 18.9 Å². The van der Waals surface area contributed by atoms with E-state index in [1.807, 2.05) is 36.0 Å². The van der Waals surface area contributed by atoms with E-state index < -0.39 is 0 Å². The van der Waals surface area contributed by atoms with Gasteiger partial charge in [0.15, 0.2) is 5.82 Å². The van der Waals surface area contributed by atoms with E-state index in [1.54, 1.807) is 10.6 Å². The van der Waals surface area contributed by atoms with Crippen molar-refractivity contribution >= 4 is 21.8 Å². The smallest absolute Gasteiger partial charge is 0.348 e. The fourth-order valence-electron chi connectivity index (χ4n) is 5.02. The van der Waals surface area contributed by atoms with Crippen molar-refractivity contribution in [1.29, 1.82) is 0 Å². The molecule has 0 amide bonds. The number of H-pyrrole nitrogens is 1. The number of nitrogens with one attached hydrogen (secondary N) is 1. The SMILES string of the molecule is Cn1cc(-c2n[nH]c(=O)n2-c2c3n(c4ccccc24)CC(C[NH3+])C3)c2cc(F)ccc21. The van der Waals surface area contributed by atoms with E-state index in [-0.39, 0.29) is 11.5 Å². The molecule has 0 spiro atoms. The second-order valence-corrected chi connectivity index (χ2v) is 8.28. The largest absolute Gasteiger partial charge is 0.357 e. The molecule has 5 aromatic rings. The van der Waals surface area contributed by atoms with Crippen LogP contribution in [0.5, 0.6) is 0 Å². The lowest BCUT2D eigenvalue weighted by atomic mass is 10.1. The number of aromatic nitrogens is 5. The lowest BCUT2D eigenvalue weighted by molar-refractivity contribution is -0.378. The monoisotopic (exact) mass is 417 g/mol. The van der Waals surface area contributed by atoms with E-state index in [0.29, 0.717) is 17.3 Å². The highest BCUT2D eigenvalue weighted by Gasteiger charge is 2.31. The van der Waals surface area contributed by atoms with E-state index in [9.17, 15) is 9.18 Å². The summed E-state index contributed by atoms with van der Waals surface area (Å²) in [7, 11) is 1.91. The van der Waals surface area contributed by atoms with Crippen LogP contribution in [-0.2, 0) is 20.0 Å². The lowest BCUT2D eigenvalue weighted by Crippen LogP contribution is -2.54. The summed E-state index contributed by atoms with van der Waals surface area (Å²) < 4.78 is 20.0. The van der Waals surface area contributed by atoms with Crippen LogP contribution in [0.1, 0.15) is 5.69 Å². The molecule has 0 saturated carbocycles. The van der Waals surface area contributed by atoms with Crippen molar-refractivity contribution in [2.75, 3.05) is 6.54 Å². The molecule has 1 aliphatic rings. The van der Waals surface area contributed by atoms with Crippen molar-refractivity contribution in [2.24, 2.45) is 13.0 Å². The molecule has 1 aliphatic heterocycles. The summed E-state index contributed by atoms with van der Waals surface area (Å²) in [6.45, 7) is 1.73. The van der Waals surface area contributed by atoms with Crippen LogP contribution in [0.15, 0.2) is 53.5 Å². The highest BCUT2D eigenvalue weighted by atomic mass is 19.1. The van der Waals surface area contributed by atoms with E-state index >= 15 is 0 Å². The van der Waals surface area contributed by atoms with Gasteiger partial charge in [0.2, 0.25) is 0 Å². The summed E-state index contributed by atoms with van der Waals surface area (Å²) in [6.07, 6.45) is 2.75. The Labute approximate surface area is 176 Å². The first-order chi connectivity index (χ1) is 15.1. The number of hydrogen-bond donors (Lipinski definition) is 2. The number of rotatable bonds is 3. The summed E-state index contributed by atoms with van der Waals surface area (Å²) in [5, 5.41) is 8.73. The molecule has 0 fully saturated rings. The van der Waals surface area contributed by atoms with Gasteiger partial charge in [-0.05, 0) is 30.7 Å². The lowest BCUT2D eigenvalue weighted by Gasteiger charge is -2.08. The van der Waals surface area contributed by atoms with E-state index in [0.717, 1.165) is 52.7 Å². The number of aromatic amines is 1. The molecule has 0 saturated heterocycles. The summed E-state index contributed by atoms with van der Waals surface area (Å²) in [5.41, 5.74) is 8.45. The first-order valence-electron chi connectivity index (χ1n) is 10.4. The average molecular weight is 417 g/mol. The summed E-state index contributed by atoms with van der Waals surface area (Å²) in [5.74, 6) is 0.604. The quantitative estimate of drug-likeness (QED) is 0.472. The molecule has 0 radical (unpaired) electrons. The van der Waals surface area contributed by atoms with Gasteiger partial charge in [0.25, 0.3) is 0 Å². The molecule has 4 N–H and O–H groups in total. The van der Waals surface area contributed by atoms with E-state index in [1.165, 1.54) is 12.1 Å². The number of hydrogen-bond acceptors (Lipinski definition) is 2. The maximum Gasteiger partial charge on any atom is 0.348 e. The number of quaternary nitrogens is 1. The number of halogens is 1. The van der Waals surface area contributed by atoms with Gasteiger partial charge in [-0.2, -0.15) is 5.10 Å². The molecule has 0 bridgehead atoms. The van der Waals surface area contributed by atoms with Crippen LogP contribution in [0.2, 0.25) is 0 Å². The van der Waals surface area contributed by atoms with Crippen LogP contribution in [0.3, 0.4) is 0 Å². The molecule has 3 aromatic heterocycles. The minimum Gasteiger partial charge on any atom is -0.357 e. The fourth-order valence-corrected chi connectivity index (χ4v) is 5.02. The minimum atomic E-state index is -0.321. The number of nitrogens with zero attached hydrogens (tertiary/aromatic N) is 4. The summed E-state index contributed by atoms with van der Waals surface area (Å²) in [6, 6.07) is 12.8. The Bertz CT molecular complexity index is 1540. The van der Waals surface area contributed by atoms with Crippen LogP contribution in [0, 0.1) is 11.7 Å². The van der Waals surface area contributed by atoms with Gasteiger partial charge in [-0.15, -0.1) is 0 Å². The summed E-state index contributed by atoms with van der Waals surface area (Å²) in [4.78, 5) is 13.1. The molecular weight excluding hydrogens is 395 g/mol. The average Bonchev–Trinajstić information content (AvgIpc) is 3.50. The normalized spacial score (nSPS) is 15.9. The standard InChI is InChI=1S/C23H21FN6O/c1-28-12-17(16-9-14(24)6-7-18(16)28)22-26-27-23(31)30(22)21-15-4-2-3-5-19(15)29-11-13(10-25)8-20(21)29/h2-7,9,12-13H,8,10-11,25H2,1H3,(H,27,31)/p+1. The molecule has 0 aliphatic carbocycles. The number of para-hydroxylation sites is 1. The Balaban J connectivity index is 1.68. The number of fused-ring (bicyclic) bond motifs is 4. The predicted molar refractivity (Wildman–Crippen MR) is 117 cm³/mol. The van der Waals surface area contributed by atoms with Crippen LogP contribution in [0.4, 0.5) is 4.39 Å². The molecule has 7 nitrogen and oxygen atoms in total. The third-order valence-corrected chi connectivity index (χ3v) is 6.47. The maximum absolute atomic E-state index is 14.1. The van der Waals surface area contributed by atoms with Gasteiger partial charge in [0, 0.05) is 53.3 Å². The van der Waals surface area contributed by atoms with Gasteiger partial charge >= 0.3 is 5.69 Å². The van der Waals surface area contributed by atoms with Crippen molar-refractivity contribution in [2.45, 2.75) is 13.0 Å². The third kappa shape index (κ3) is 2.48. The van der Waals surface area contributed by atoms with Crippen molar-refractivity contribution in [3.05, 3.63) is 70.7 Å². The zero-order chi connectivity index (χ0) is 21.3. The van der Waals surface area contributed by atoms with Crippen molar-refractivity contribution in [1.82, 2.24) is 23.9 Å². The molecule has 6 rings (SSSR count). The second-order valence-electron chi connectivity index (χ2n) is 8.28. The van der Waals surface area contributed by atoms with Crippen molar-refractivity contribution in [3.63, 3.8) is 0 Å². The Hall–Kier alpha value is -3.65. The zero-order valence-electron chi connectivity index (χ0n) is 17.1. The minimum absolute atomic E-state index is 0.305. The van der Waals surface area contributed by atoms with Crippen molar-refractivity contribution < 1.29 is 10.1 Å². The molecular formula is C23H22FN6O+. The Morgan fingerprint density at radius 3 is 2.87 bits per heavy atom. The maximum atomic E-state index is 14.1. The Morgan fingerprint density at radius 2 is 2.03 bits per heavy atom. The second kappa shape index (κ2) is 6.42. The van der Waals surface area contributed by atoms with Crippen LogP contribution < -0.4 is 11.4 Å². The fraction of sp³-hybridized carbons (Fsp3) is 0.217. The summed E-state index contributed by atoms with van der Waals surface area (Å²) >= 11 is 0. The Morgan fingerprint density at radius 1 is 1.19 bits per heavy atom. The molecule has 156 valence electrons. The first-order valence-corrected chi connectivity index (χ1v) is 10.4. The van der Waals surface area contributed by atoms with E-state index in [4.69, 9.17) is 0 Å².